The quantitative estimate of drug-likeness (QED) is 0.711. The highest BCUT2D eigenvalue weighted by Crippen LogP contribution is 2.17. The molecular formula is C20H23NO4. The van der Waals surface area contributed by atoms with Crippen LogP contribution in [0.4, 0.5) is 0 Å². The highest BCUT2D eigenvalue weighted by molar-refractivity contribution is 5.81. The van der Waals surface area contributed by atoms with Gasteiger partial charge in [-0.3, -0.25) is 4.79 Å². The second-order valence-electron chi connectivity index (χ2n) is 5.58. The first-order chi connectivity index (χ1) is 12.2. The van der Waals surface area contributed by atoms with Gasteiger partial charge in [-0.1, -0.05) is 61.9 Å². The summed E-state index contributed by atoms with van der Waals surface area (Å²) in [5, 5.41) is 2.91. The van der Waals surface area contributed by atoms with E-state index in [0.717, 1.165) is 18.4 Å². The Morgan fingerprint density at radius 3 is 2.24 bits per heavy atom. The van der Waals surface area contributed by atoms with Gasteiger partial charge in [0.1, 0.15) is 5.75 Å². The molecule has 1 amide bonds. The lowest BCUT2D eigenvalue weighted by Gasteiger charge is -2.18. The lowest BCUT2D eigenvalue weighted by Crippen LogP contribution is -2.33. The van der Waals surface area contributed by atoms with Crippen molar-refractivity contribution in [2.75, 3.05) is 13.2 Å². The Bertz CT molecular complexity index is 658. The van der Waals surface area contributed by atoms with Crippen LogP contribution in [0.25, 0.3) is 0 Å². The minimum Gasteiger partial charge on any atom is -0.482 e. The van der Waals surface area contributed by atoms with Gasteiger partial charge in [-0.05, 0) is 24.1 Å². The third-order valence-electron chi connectivity index (χ3n) is 3.58. The lowest BCUT2D eigenvalue weighted by atomic mass is 10.0. The summed E-state index contributed by atoms with van der Waals surface area (Å²) in [7, 11) is 0. The van der Waals surface area contributed by atoms with Crippen LogP contribution in [0.1, 0.15) is 31.4 Å². The molecule has 0 saturated heterocycles. The molecule has 0 fully saturated rings. The Labute approximate surface area is 148 Å². The van der Waals surface area contributed by atoms with Gasteiger partial charge in [-0.15, -0.1) is 0 Å². The number of rotatable bonds is 9. The van der Waals surface area contributed by atoms with Crippen molar-refractivity contribution in [3.05, 3.63) is 66.2 Å². The fraction of sp³-hybridized carbons (Fsp3) is 0.300. The van der Waals surface area contributed by atoms with E-state index in [4.69, 9.17) is 9.47 Å². The topological polar surface area (TPSA) is 64.6 Å². The van der Waals surface area contributed by atoms with Gasteiger partial charge in [-0.25, -0.2) is 4.79 Å². The summed E-state index contributed by atoms with van der Waals surface area (Å²) in [6.07, 6.45) is 1.76. The summed E-state index contributed by atoms with van der Waals surface area (Å²) in [6, 6.07) is 18.6. The fourth-order valence-electron chi connectivity index (χ4n) is 2.38. The van der Waals surface area contributed by atoms with Gasteiger partial charge in [-0.2, -0.15) is 0 Å². The number of benzene rings is 2. The predicted molar refractivity (Wildman–Crippen MR) is 95.1 cm³/mol. The molecule has 0 aliphatic rings. The van der Waals surface area contributed by atoms with E-state index in [9.17, 15) is 9.59 Å². The van der Waals surface area contributed by atoms with Crippen molar-refractivity contribution in [3.8, 4) is 5.75 Å². The van der Waals surface area contributed by atoms with E-state index in [0.29, 0.717) is 5.75 Å². The van der Waals surface area contributed by atoms with Gasteiger partial charge in [0.25, 0.3) is 5.91 Å². The Hall–Kier alpha value is -2.82. The average Bonchev–Trinajstić information content (AvgIpc) is 2.66. The standard InChI is InChI=1S/C20H23NO4/c1-2-9-18(16-10-5-3-6-11-16)21-19(22)14-25-20(23)15-24-17-12-7-4-8-13-17/h3-8,10-13,18H,2,9,14-15H2,1H3,(H,21,22)/t18-/m1/s1. The minimum atomic E-state index is -0.578. The third-order valence-corrected chi connectivity index (χ3v) is 3.58. The second-order valence-corrected chi connectivity index (χ2v) is 5.58. The first kappa shape index (κ1) is 18.5. The molecule has 1 N–H and O–H groups in total. The van der Waals surface area contributed by atoms with Crippen molar-refractivity contribution in [1.29, 1.82) is 0 Å². The van der Waals surface area contributed by atoms with Crippen molar-refractivity contribution >= 4 is 11.9 Å². The number of amides is 1. The first-order valence-electron chi connectivity index (χ1n) is 8.37. The average molecular weight is 341 g/mol. The molecule has 0 aromatic heterocycles. The Morgan fingerprint density at radius 1 is 0.960 bits per heavy atom. The van der Waals surface area contributed by atoms with Gasteiger partial charge in [0.2, 0.25) is 0 Å². The van der Waals surface area contributed by atoms with E-state index in [1.54, 1.807) is 12.1 Å². The molecule has 1 atom stereocenters. The number of hydrogen-bond acceptors (Lipinski definition) is 4. The summed E-state index contributed by atoms with van der Waals surface area (Å²) in [5.74, 6) is -0.322. The van der Waals surface area contributed by atoms with Crippen molar-refractivity contribution < 1.29 is 19.1 Å². The fourth-order valence-corrected chi connectivity index (χ4v) is 2.38. The van der Waals surface area contributed by atoms with Gasteiger partial charge >= 0.3 is 5.97 Å². The van der Waals surface area contributed by atoms with Crippen molar-refractivity contribution in [2.45, 2.75) is 25.8 Å². The zero-order valence-electron chi connectivity index (χ0n) is 14.3. The molecule has 0 saturated carbocycles. The molecular weight excluding hydrogens is 318 g/mol. The smallest absolute Gasteiger partial charge is 0.344 e. The van der Waals surface area contributed by atoms with Crippen LogP contribution in [-0.2, 0) is 14.3 Å². The second kappa shape index (κ2) is 10.1. The molecule has 132 valence electrons. The highest BCUT2D eigenvalue weighted by atomic mass is 16.6. The summed E-state index contributed by atoms with van der Waals surface area (Å²) >= 11 is 0. The minimum absolute atomic E-state index is 0.0852. The maximum absolute atomic E-state index is 12.1. The zero-order chi connectivity index (χ0) is 17.9. The van der Waals surface area contributed by atoms with Crippen LogP contribution in [-0.4, -0.2) is 25.1 Å². The summed E-state index contributed by atoms with van der Waals surface area (Å²) in [6.45, 7) is 1.52. The third kappa shape index (κ3) is 6.67. The zero-order valence-corrected chi connectivity index (χ0v) is 14.3. The maximum atomic E-state index is 12.1. The van der Waals surface area contributed by atoms with E-state index in [1.165, 1.54) is 0 Å². The van der Waals surface area contributed by atoms with Gasteiger partial charge in [0, 0.05) is 0 Å². The summed E-state index contributed by atoms with van der Waals surface area (Å²) < 4.78 is 10.2. The SMILES string of the molecule is CCC[C@@H](NC(=O)COC(=O)COc1ccccc1)c1ccccc1. The monoisotopic (exact) mass is 341 g/mol. The molecule has 0 aliphatic carbocycles. The van der Waals surface area contributed by atoms with Crippen LogP contribution >= 0.6 is 0 Å². The number of nitrogens with one attached hydrogen (secondary N) is 1. The molecule has 0 bridgehead atoms. The van der Waals surface area contributed by atoms with Crippen LogP contribution in [0.2, 0.25) is 0 Å². The number of esters is 1. The lowest BCUT2D eigenvalue weighted by molar-refractivity contribution is -0.150. The molecule has 0 heterocycles. The van der Waals surface area contributed by atoms with Crippen LogP contribution in [0.15, 0.2) is 60.7 Å². The van der Waals surface area contributed by atoms with E-state index in [2.05, 4.69) is 12.2 Å². The summed E-state index contributed by atoms with van der Waals surface area (Å²) in [4.78, 5) is 23.7. The molecule has 5 heteroatoms. The van der Waals surface area contributed by atoms with E-state index in [1.807, 2.05) is 48.5 Å². The number of carbonyl (C=O) groups excluding carboxylic acids is 2. The van der Waals surface area contributed by atoms with Crippen molar-refractivity contribution in [2.24, 2.45) is 0 Å². The molecule has 2 aromatic rings. The molecule has 2 aromatic carbocycles. The Kier molecular flexibility index (Phi) is 7.50. The molecule has 0 radical (unpaired) electrons. The predicted octanol–water partition coefficient (Wildman–Crippen LogP) is 3.27. The van der Waals surface area contributed by atoms with E-state index in [-0.39, 0.29) is 25.2 Å². The van der Waals surface area contributed by atoms with E-state index < -0.39 is 5.97 Å². The first-order valence-corrected chi connectivity index (χ1v) is 8.37. The van der Waals surface area contributed by atoms with Crippen LogP contribution < -0.4 is 10.1 Å². The van der Waals surface area contributed by atoms with Crippen molar-refractivity contribution in [3.63, 3.8) is 0 Å². The molecule has 25 heavy (non-hydrogen) atoms. The molecule has 0 unspecified atom stereocenters. The molecule has 0 spiro atoms. The summed E-state index contributed by atoms with van der Waals surface area (Å²) in [5.41, 5.74) is 1.04. The maximum Gasteiger partial charge on any atom is 0.344 e. The Balaban J connectivity index is 1.75. The van der Waals surface area contributed by atoms with Gasteiger partial charge in [0.05, 0.1) is 6.04 Å². The molecule has 5 nitrogen and oxygen atoms in total. The van der Waals surface area contributed by atoms with Gasteiger partial charge in [0.15, 0.2) is 13.2 Å². The van der Waals surface area contributed by atoms with Crippen LogP contribution in [0.5, 0.6) is 5.75 Å². The number of ether oxygens (including phenoxy) is 2. The Morgan fingerprint density at radius 2 is 1.60 bits per heavy atom. The number of carbonyl (C=O) groups is 2. The van der Waals surface area contributed by atoms with Gasteiger partial charge < -0.3 is 14.8 Å². The van der Waals surface area contributed by atoms with Crippen molar-refractivity contribution in [1.82, 2.24) is 5.32 Å². The largest absolute Gasteiger partial charge is 0.482 e. The van der Waals surface area contributed by atoms with Crippen LogP contribution in [0.3, 0.4) is 0 Å². The van der Waals surface area contributed by atoms with Crippen LogP contribution in [0, 0.1) is 0 Å². The normalized spacial score (nSPS) is 11.4. The number of para-hydroxylation sites is 1. The van der Waals surface area contributed by atoms with E-state index >= 15 is 0 Å². The molecule has 2 rings (SSSR count). The molecule has 0 aliphatic heterocycles. The highest BCUT2D eigenvalue weighted by Gasteiger charge is 2.15. The number of hydrogen-bond donors (Lipinski definition) is 1.